The summed E-state index contributed by atoms with van der Waals surface area (Å²) in [6.45, 7) is 3.33. The Hall–Kier alpha value is -2.97. The van der Waals surface area contributed by atoms with Crippen LogP contribution in [0.15, 0.2) is 47.1 Å². The number of hydrogen-bond acceptors (Lipinski definition) is 8. The molecule has 0 spiro atoms. The van der Waals surface area contributed by atoms with Gasteiger partial charge >= 0.3 is 0 Å². The van der Waals surface area contributed by atoms with Gasteiger partial charge in [-0.25, -0.2) is 0 Å². The normalized spacial score (nSPS) is 17.0. The van der Waals surface area contributed by atoms with E-state index in [0.29, 0.717) is 30.6 Å². The highest BCUT2D eigenvalue weighted by Crippen LogP contribution is 2.35. The van der Waals surface area contributed by atoms with Crippen molar-refractivity contribution >= 4 is 0 Å². The minimum atomic E-state index is 0.248. The van der Waals surface area contributed by atoms with Crippen molar-refractivity contribution in [2.75, 3.05) is 19.9 Å². The molecular formula is C21H22N4O4. The van der Waals surface area contributed by atoms with E-state index in [2.05, 4.69) is 20.0 Å². The van der Waals surface area contributed by atoms with Crippen LogP contribution in [0.1, 0.15) is 24.4 Å². The molecule has 4 heterocycles. The second kappa shape index (κ2) is 8.18. The summed E-state index contributed by atoms with van der Waals surface area (Å²) in [5.74, 6) is 2.63. The van der Waals surface area contributed by atoms with Crippen molar-refractivity contribution in [3.8, 4) is 22.9 Å². The lowest BCUT2D eigenvalue weighted by molar-refractivity contribution is -0.00681. The molecule has 0 amide bonds. The van der Waals surface area contributed by atoms with Crippen molar-refractivity contribution in [2.45, 2.75) is 32.1 Å². The van der Waals surface area contributed by atoms with Gasteiger partial charge in [-0.3, -0.25) is 9.88 Å². The first-order valence-corrected chi connectivity index (χ1v) is 9.80. The van der Waals surface area contributed by atoms with E-state index in [4.69, 9.17) is 18.7 Å². The summed E-state index contributed by atoms with van der Waals surface area (Å²) in [5, 5.41) is 4.11. The molecule has 2 aromatic heterocycles. The number of nitrogens with zero attached hydrogens (tertiary/aromatic N) is 4. The molecule has 8 nitrogen and oxygen atoms in total. The average Bonchev–Trinajstić information content (AvgIpc) is 3.43. The van der Waals surface area contributed by atoms with Crippen LogP contribution < -0.4 is 9.47 Å². The summed E-state index contributed by atoms with van der Waals surface area (Å²) < 4.78 is 22.2. The number of piperidine rings is 1. The van der Waals surface area contributed by atoms with Gasteiger partial charge in [-0.15, -0.1) is 0 Å². The van der Waals surface area contributed by atoms with E-state index >= 15 is 0 Å². The predicted molar refractivity (Wildman–Crippen MR) is 103 cm³/mol. The molecule has 5 rings (SSSR count). The van der Waals surface area contributed by atoms with Crippen molar-refractivity contribution in [3.05, 3.63) is 54.2 Å². The number of benzene rings is 1. The number of aromatic nitrogens is 3. The molecule has 1 aromatic carbocycles. The van der Waals surface area contributed by atoms with Gasteiger partial charge in [0.2, 0.25) is 18.5 Å². The first-order valence-electron chi connectivity index (χ1n) is 9.80. The van der Waals surface area contributed by atoms with Gasteiger partial charge in [0.1, 0.15) is 0 Å². The standard InChI is InChI=1S/C21H22N4O4/c1-2-8-22-16(3-1)13-26-17-6-9-25(10-7-17)12-20-23-21(24-29-20)15-4-5-18-19(11-15)28-14-27-18/h1-5,8,11,17H,6-7,9-10,12-14H2. The third-order valence-electron chi connectivity index (χ3n) is 5.19. The zero-order valence-corrected chi connectivity index (χ0v) is 16.0. The van der Waals surface area contributed by atoms with Crippen LogP contribution in [0.5, 0.6) is 11.5 Å². The zero-order chi connectivity index (χ0) is 19.5. The Morgan fingerprint density at radius 3 is 2.83 bits per heavy atom. The summed E-state index contributed by atoms with van der Waals surface area (Å²) in [5.41, 5.74) is 1.82. The van der Waals surface area contributed by atoms with Crippen LogP contribution >= 0.6 is 0 Å². The third kappa shape index (κ3) is 4.23. The molecule has 3 aromatic rings. The first kappa shape index (κ1) is 18.1. The van der Waals surface area contributed by atoms with Gasteiger partial charge < -0.3 is 18.7 Å². The second-order valence-electron chi connectivity index (χ2n) is 7.19. The summed E-state index contributed by atoms with van der Waals surface area (Å²) in [6.07, 6.45) is 4.02. The minimum absolute atomic E-state index is 0.248. The minimum Gasteiger partial charge on any atom is -0.454 e. The molecule has 0 bridgehead atoms. The molecule has 0 N–H and O–H groups in total. The average molecular weight is 394 g/mol. The number of pyridine rings is 1. The van der Waals surface area contributed by atoms with Crippen LogP contribution in [-0.2, 0) is 17.9 Å². The molecular weight excluding hydrogens is 372 g/mol. The Balaban J connectivity index is 1.13. The number of ether oxygens (including phenoxy) is 3. The molecule has 1 fully saturated rings. The quantitative estimate of drug-likeness (QED) is 0.631. The first-order chi connectivity index (χ1) is 14.3. The summed E-state index contributed by atoms with van der Waals surface area (Å²) >= 11 is 0. The summed E-state index contributed by atoms with van der Waals surface area (Å²) in [6, 6.07) is 11.5. The maximum Gasteiger partial charge on any atom is 0.241 e. The number of rotatable bonds is 6. The maximum atomic E-state index is 6.00. The number of fused-ring (bicyclic) bond motifs is 1. The van der Waals surface area contributed by atoms with Crippen molar-refractivity contribution in [1.29, 1.82) is 0 Å². The van der Waals surface area contributed by atoms with E-state index in [1.54, 1.807) is 6.20 Å². The molecule has 150 valence electrons. The van der Waals surface area contributed by atoms with Gasteiger partial charge in [0, 0.05) is 24.8 Å². The van der Waals surface area contributed by atoms with Crippen LogP contribution in [0.25, 0.3) is 11.4 Å². The lowest BCUT2D eigenvalue weighted by Crippen LogP contribution is -2.36. The van der Waals surface area contributed by atoms with Crippen molar-refractivity contribution in [2.24, 2.45) is 0 Å². The largest absolute Gasteiger partial charge is 0.454 e. The highest BCUT2D eigenvalue weighted by atomic mass is 16.7. The van der Waals surface area contributed by atoms with Crippen LogP contribution in [0.3, 0.4) is 0 Å². The van der Waals surface area contributed by atoms with Crippen molar-refractivity contribution in [3.63, 3.8) is 0 Å². The van der Waals surface area contributed by atoms with Gasteiger partial charge in [-0.2, -0.15) is 4.98 Å². The molecule has 2 aliphatic heterocycles. The van der Waals surface area contributed by atoms with Gasteiger partial charge in [-0.05, 0) is 43.2 Å². The Morgan fingerprint density at radius 1 is 1.07 bits per heavy atom. The zero-order valence-electron chi connectivity index (χ0n) is 16.0. The Kier molecular flexibility index (Phi) is 5.10. The molecule has 8 heteroatoms. The van der Waals surface area contributed by atoms with Crippen LogP contribution in [0.4, 0.5) is 0 Å². The van der Waals surface area contributed by atoms with E-state index in [1.807, 2.05) is 36.4 Å². The molecule has 0 aliphatic carbocycles. The monoisotopic (exact) mass is 394 g/mol. The fourth-order valence-corrected chi connectivity index (χ4v) is 3.58. The van der Waals surface area contributed by atoms with Crippen molar-refractivity contribution < 1.29 is 18.7 Å². The van der Waals surface area contributed by atoms with Gasteiger partial charge in [0.25, 0.3) is 0 Å². The van der Waals surface area contributed by atoms with E-state index in [9.17, 15) is 0 Å². The summed E-state index contributed by atoms with van der Waals surface area (Å²) in [7, 11) is 0. The van der Waals surface area contributed by atoms with Crippen LogP contribution in [0, 0.1) is 0 Å². The van der Waals surface area contributed by atoms with Gasteiger partial charge in [0.15, 0.2) is 11.5 Å². The Bertz CT molecular complexity index is 954. The third-order valence-corrected chi connectivity index (χ3v) is 5.19. The van der Waals surface area contributed by atoms with Gasteiger partial charge in [0.05, 0.1) is 24.9 Å². The fourth-order valence-electron chi connectivity index (χ4n) is 3.58. The Labute approximate surface area is 168 Å². The highest BCUT2D eigenvalue weighted by Gasteiger charge is 2.22. The van der Waals surface area contributed by atoms with Crippen molar-refractivity contribution in [1.82, 2.24) is 20.0 Å². The lowest BCUT2D eigenvalue weighted by atomic mass is 10.1. The Morgan fingerprint density at radius 2 is 1.97 bits per heavy atom. The molecule has 2 aliphatic rings. The number of likely N-dealkylation sites (tertiary alicyclic amines) is 1. The number of hydrogen-bond donors (Lipinski definition) is 0. The van der Waals surface area contributed by atoms with E-state index in [-0.39, 0.29) is 12.9 Å². The predicted octanol–water partition coefficient (Wildman–Crippen LogP) is 3.04. The lowest BCUT2D eigenvalue weighted by Gasteiger charge is -2.30. The SMILES string of the molecule is c1ccc(COC2CCN(Cc3nc(-c4ccc5c(c4)OCO5)no3)CC2)nc1. The van der Waals surface area contributed by atoms with Crippen LogP contribution in [-0.4, -0.2) is 46.0 Å². The molecule has 1 saturated heterocycles. The molecule has 29 heavy (non-hydrogen) atoms. The molecule has 0 unspecified atom stereocenters. The molecule has 0 saturated carbocycles. The molecule has 0 radical (unpaired) electrons. The van der Waals surface area contributed by atoms with Gasteiger partial charge in [-0.1, -0.05) is 11.2 Å². The van der Waals surface area contributed by atoms with E-state index < -0.39 is 0 Å². The van der Waals surface area contributed by atoms with E-state index in [1.165, 1.54) is 0 Å². The second-order valence-corrected chi connectivity index (χ2v) is 7.19. The topological polar surface area (TPSA) is 82.7 Å². The summed E-state index contributed by atoms with van der Waals surface area (Å²) in [4.78, 5) is 11.2. The van der Waals surface area contributed by atoms with Crippen LogP contribution in [0.2, 0.25) is 0 Å². The maximum absolute atomic E-state index is 6.00. The smallest absolute Gasteiger partial charge is 0.241 e. The fraction of sp³-hybridized carbons (Fsp3) is 0.381. The molecule has 0 atom stereocenters. The highest BCUT2D eigenvalue weighted by molar-refractivity contribution is 5.61. The van der Waals surface area contributed by atoms with E-state index in [0.717, 1.165) is 42.9 Å².